The second kappa shape index (κ2) is 4.96. The van der Waals surface area contributed by atoms with Crippen LogP contribution in [0.25, 0.3) is 0 Å². The van der Waals surface area contributed by atoms with Crippen molar-refractivity contribution in [1.82, 2.24) is 5.32 Å². The van der Waals surface area contributed by atoms with Gasteiger partial charge in [-0.3, -0.25) is 0 Å². The summed E-state index contributed by atoms with van der Waals surface area (Å²) >= 11 is 0. The van der Waals surface area contributed by atoms with Gasteiger partial charge in [-0.2, -0.15) is 0 Å². The SMILES string of the molecule is CC(C)(C)Oc1ccc(O[C@@H]2CCNC2)cc1. The van der Waals surface area contributed by atoms with Crippen LogP contribution in [-0.2, 0) is 0 Å². The minimum absolute atomic E-state index is 0.155. The number of benzene rings is 1. The molecular weight excluding hydrogens is 214 g/mol. The molecule has 94 valence electrons. The predicted molar refractivity (Wildman–Crippen MR) is 68.7 cm³/mol. The number of ether oxygens (including phenoxy) is 2. The van der Waals surface area contributed by atoms with Crippen molar-refractivity contribution in [2.45, 2.75) is 38.9 Å². The lowest BCUT2D eigenvalue weighted by Gasteiger charge is -2.21. The molecule has 0 bridgehead atoms. The number of hydrogen-bond acceptors (Lipinski definition) is 3. The van der Waals surface area contributed by atoms with E-state index in [1.807, 2.05) is 45.0 Å². The Morgan fingerprint density at radius 2 is 1.76 bits per heavy atom. The van der Waals surface area contributed by atoms with Gasteiger partial charge in [0.2, 0.25) is 0 Å². The van der Waals surface area contributed by atoms with Crippen LogP contribution in [0.5, 0.6) is 11.5 Å². The summed E-state index contributed by atoms with van der Waals surface area (Å²) in [6.45, 7) is 8.13. The van der Waals surface area contributed by atoms with Gasteiger partial charge >= 0.3 is 0 Å². The van der Waals surface area contributed by atoms with Crippen molar-refractivity contribution in [1.29, 1.82) is 0 Å². The van der Waals surface area contributed by atoms with Crippen molar-refractivity contribution in [2.24, 2.45) is 0 Å². The fourth-order valence-electron chi connectivity index (χ4n) is 1.86. The molecule has 1 heterocycles. The molecular formula is C14H21NO2. The summed E-state index contributed by atoms with van der Waals surface area (Å²) in [5.74, 6) is 1.80. The summed E-state index contributed by atoms with van der Waals surface area (Å²) in [5, 5.41) is 3.29. The second-order valence-electron chi connectivity index (χ2n) is 5.42. The van der Waals surface area contributed by atoms with Gasteiger partial charge in [0.25, 0.3) is 0 Å². The molecule has 0 radical (unpaired) electrons. The highest BCUT2D eigenvalue weighted by atomic mass is 16.5. The summed E-state index contributed by atoms with van der Waals surface area (Å²) in [6.07, 6.45) is 1.39. The number of hydrogen-bond donors (Lipinski definition) is 1. The molecule has 1 aliphatic rings. The van der Waals surface area contributed by atoms with Gasteiger partial charge in [0, 0.05) is 6.54 Å². The average Bonchev–Trinajstić information content (AvgIpc) is 2.71. The Bertz CT molecular complexity index is 347. The minimum Gasteiger partial charge on any atom is -0.489 e. The first-order valence-corrected chi connectivity index (χ1v) is 6.19. The van der Waals surface area contributed by atoms with Crippen molar-refractivity contribution in [2.75, 3.05) is 13.1 Å². The molecule has 1 aliphatic heterocycles. The molecule has 0 amide bonds. The molecule has 1 aromatic rings. The molecule has 3 heteroatoms. The molecule has 1 N–H and O–H groups in total. The van der Waals surface area contributed by atoms with Gasteiger partial charge in [0.1, 0.15) is 23.2 Å². The Hall–Kier alpha value is -1.22. The van der Waals surface area contributed by atoms with Crippen LogP contribution in [0.3, 0.4) is 0 Å². The normalized spacial score (nSPS) is 20.3. The minimum atomic E-state index is -0.155. The standard InChI is InChI=1S/C14H21NO2/c1-14(2,3)17-12-6-4-11(5-7-12)16-13-8-9-15-10-13/h4-7,13,15H,8-10H2,1-3H3/t13-/m1/s1. The van der Waals surface area contributed by atoms with Crippen molar-refractivity contribution < 1.29 is 9.47 Å². The summed E-state index contributed by atoms with van der Waals surface area (Å²) in [4.78, 5) is 0. The third-order valence-electron chi connectivity index (χ3n) is 2.57. The maximum absolute atomic E-state index is 5.84. The monoisotopic (exact) mass is 235 g/mol. The van der Waals surface area contributed by atoms with E-state index < -0.39 is 0 Å². The fourth-order valence-corrected chi connectivity index (χ4v) is 1.86. The highest BCUT2D eigenvalue weighted by molar-refractivity contribution is 5.31. The zero-order chi connectivity index (χ0) is 12.3. The molecule has 3 nitrogen and oxygen atoms in total. The summed E-state index contributed by atoms with van der Waals surface area (Å²) < 4.78 is 11.6. The van der Waals surface area contributed by atoms with Crippen molar-refractivity contribution in [3.8, 4) is 11.5 Å². The molecule has 1 aromatic carbocycles. The van der Waals surface area contributed by atoms with Crippen LogP contribution in [-0.4, -0.2) is 24.8 Å². The Labute approximate surface area is 103 Å². The van der Waals surface area contributed by atoms with Crippen LogP contribution in [0.1, 0.15) is 27.2 Å². The lowest BCUT2D eigenvalue weighted by Crippen LogP contribution is -2.23. The molecule has 1 atom stereocenters. The molecule has 0 unspecified atom stereocenters. The van der Waals surface area contributed by atoms with Crippen molar-refractivity contribution >= 4 is 0 Å². The van der Waals surface area contributed by atoms with E-state index in [0.717, 1.165) is 31.0 Å². The highest BCUT2D eigenvalue weighted by Gasteiger charge is 2.16. The van der Waals surface area contributed by atoms with E-state index >= 15 is 0 Å². The van der Waals surface area contributed by atoms with Crippen molar-refractivity contribution in [3.05, 3.63) is 24.3 Å². The van der Waals surface area contributed by atoms with Crippen molar-refractivity contribution in [3.63, 3.8) is 0 Å². The van der Waals surface area contributed by atoms with Crippen LogP contribution in [0, 0.1) is 0 Å². The first kappa shape index (κ1) is 12.2. The first-order chi connectivity index (χ1) is 8.03. The third kappa shape index (κ3) is 3.93. The Morgan fingerprint density at radius 1 is 1.12 bits per heavy atom. The van der Waals surface area contributed by atoms with Gasteiger partial charge in [-0.1, -0.05) is 0 Å². The molecule has 0 aromatic heterocycles. The Kier molecular flexibility index (Phi) is 3.57. The molecule has 0 spiro atoms. The Balaban J connectivity index is 1.93. The quantitative estimate of drug-likeness (QED) is 0.873. The maximum Gasteiger partial charge on any atom is 0.120 e. The molecule has 1 fully saturated rings. The zero-order valence-electron chi connectivity index (χ0n) is 10.8. The van der Waals surface area contributed by atoms with Crippen LogP contribution in [0.15, 0.2) is 24.3 Å². The first-order valence-electron chi connectivity index (χ1n) is 6.19. The van der Waals surface area contributed by atoms with E-state index in [1.165, 1.54) is 0 Å². The molecule has 0 saturated carbocycles. The molecule has 0 aliphatic carbocycles. The van der Waals surface area contributed by atoms with E-state index in [1.54, 1.807) is 0 Å². The smallest absolute Gasteiger partial charge is 0.120 e. The van der Waals surface area contributed by atoms with Crippen LogP contribution in [0.4, 0.5) is 0 Å². The van der Waals surface area contributed by atoms with Gasteiger partial charge in [0.15, 0.2) is 0 Å². The summed E-state index contributed by atoms with van der Waals surface area (Å²) in [6, 6.07) is 7.87. The van der Waals surface area contributed by atoms with E-state index in [4.69, 9.17) is 9.47 Å². The summed E-state index contributed by atoms with van der Waals surface area (Å²) in [7, 11) is 0. The van der Waals surface area contributed by atoms with Gasteiger partial charge < -0.3 is 14.8 Å². The van der Waals surface area contributed by atoms with Crippen LogP contribution in [0.2, 0.25) is 0 Å². The van der Waals surface area contributed by atoms with Crippen LogP contribution < -0.4 is 14.8 Å². The number of nitrogens with one attached hydrogen (secondary N) is 1. The third-order valence-corrected chi connectivity index (χ3v) is 2.57. The molecule has 17 heavy (non-hydrogen) atoms. The van der Waals surface area contributed by atoms with E-state index in [2.05, 4.69) is 5.32 Å². The number of rotatable bonds is 3. The zero-order valence-corrected chi connectivity index (χ0v) is 10.8. The topological polar surface area (TPSA) is 30.5 Å². The van der Waals surface area contributed by atoms with Crippen LogP contribution >= 0.6 is 0 Å². The lowest BCUT2D eigenvalue weighted by atomic mass is 10.2. The van der Waals surface area contributed by atoms with Gasteiger partial charge in [0.05, 0.1) is 0 Å². The largest absolute Gasteiger partial charge is 0.489 e. The lowest BCUT2D eigenvalue weighted by molar-refractivity contribution is 0.130. The van der Waals surface area contributed by atoms with Gasteiger partial charge in [-0.25, -0.2) is 0 Å². The van der Waals surface area contributed by atoms with E-state index in [9.17, 15) is 0 Å². The fraction of sp³-hybridized carbons (Fsp3) is 0.571. The molecule has 1 saturated heterocycles. The predicted octanol–water partition coefficient (Wildman–Crippen LogP) is 2.60. The van der Waals surface area contributed by atoms with E-state index in [-0.39, 0.29) is 5.60 Å². The molecule has 2 rings (SSSR count). The Morgan fingerprint density at radius 3 is 2.29 bits per heavy atom. The highest BCUT2D eigenvalue weighted by Crippen LogP contribution is 2.22. The van der Waals surface area contributed by atoms with Gasteiger partial charge in [-0.15, -0.1) is 0 Å². The maximum atomic E-state index is 5.84. The summed E-state index contributed by atoms with van der Waals surface area (Å²) in [5.41, 5.74) is -0.155. The average molecular weight is 235 g/mol. The van der Waals surface area contributed by atoms with Gasteiger partial charge in [-0.05, 0) is 58.0 Å². The van der Waals surface area contributed by atoms with E-state index in [0.29, 0.717) is 6.10 Å². The second-order valence-corrected chi connectivity index (χ2v) is 5.42.